The van der Waals surface area contributed by atoms with Gasteiger partial charge in [-0.25, -0.2) is 22.7 Å². The average Bonchev–Trinajstić information content (AvgIpc) is 3.17. The zero-order valence-electron chi connectivity index (χ0n) is 18.6. The lowest BCUT2D eigenvalue weighted by molar-refractivity contribution is -0.245. The number of aromatic nitrogens is 1. The molecule has 0 atom stereocenters. The zero-order valence-corrected chi connectivity index (χ0v) is 21.0. The van der Waals surface area contributed by atoms with Crippen molar-refractivity contribution in [3.8, 4) is 0 Å². The standard InChI is InChI=1S/C23H24ClN3O5S2/c1-26-15-21(33-22(26)25-23(29)30)27(10-3-2-4-11-27)20(28)9-12-34(31,32)19-8-6-16-13-18(24)7-5-17(16)14-19/h5-8,13-15H,2-4,9-12H2,1H3/b25-22-. The van der Waals surface area contributed by atoms with Gasteiger partial charge in [0, 0.05) is 12.1 Å². The molecular formula is C23H24ClN3O5S2. The number of aryl methyl sites for hydroxylation is 1. The monoisotopic (exact) mass is 521 g/mol. The van der Waals surface area contributed by atoms with Crippen LogP contribution in [-0.4, -0.2) is 43.8 Å². The van der Waals surface area contributed by atoms with Gasteiger partial charge in [0.15, 0.2) is 20.7 Å². The molecule has 0 saturated carbocycles. The Hall–Kier alpha value is -2.53. The summed E-state index contributed by atoms with van der Waals surface area (Å²) in [6.07, 6.45) is 2.64. The van der Waals surface area contributed by atoms with Crippen molar-refractivity contribution in [3.05, 3.63) is 52.4 Å². The first kappa shape index (κ1) is 24.6. The molecule has 1 fully saturated rings. The maximum absolute atomic E-state index is 13.5. The molecule has 1 aliphatic rings. The number of carboxylic acid groups (broad SMARTS) is 1. The largest absolute Gasteiger partial charge is 0.528 e. The number of likely N-dealkylation sites (tertiary alicyclic amines) is 1. The SMILES string of the molecule is Cn1cc([N+]2(C(=O)CCS(=O)(=O)c3ccc4cc(Cl)ccc4c3)CCCCC2)s/c1=N\C(=O)[O-]. The third-order valence-electron chi connectivity index (χ3n) is 6.19. The van der Waals surface area contributed by atoms with Gasteiger partial charge in [-0.2, -0.15) is 0 Å². The number of hydrogen-bond acceptors (Lipinski definition) is 6. The number of amides is 2. The second-order valence-corrected chi connectivity index (χ2v) is 12.0. The van der Waals surface area contributed by atoms with Crippen molar-refractivity contribution >= 4 is 60.5 Å². The lowest BCUT2D eigenvalue weighted by Crippen LogP contribution is -2.57. The van der Waals surface area contributed by atoms with Crippen LogP contribution in [0, 0.1) is 0 Å². The summed E-state index contributed by atoms with van der Waals surface area (Å²) in [5.74, 6) is -0.503. The molecule has 4 rings (SSSR count). The summed E-state index contributed by atoms with van der Waals surface area (Å²) in [5, 5.41) is 13.8. The van der Waals surface area contributed by atoms with Crippen molar-refractivity contribution in [1.82, 2.24) is 9.05 Å². The molecule has 0 spiro atoms. The number of thiazole rings is 1. The summed E-state index contributed by atoms with van der Waals surface area (Å²) >= 11 is 7.13. The van der Waals surface area contributed by atoms with Gasteiger partial charge in [0.05, 0.1) is 36.4 Å². The second kappa shape index (κ2) is 9.61. The smallest absolute Gasteiger partial charge is 0.320 e. The Morgan fingerprint density at radius 1 is 1.12 bits per heavy atom. The number of piperidine rings is 1. The topological polar surface area (TPSA) is 109 Å². The van der Waals surface area contributed by atoms with Crippen LogP contribution in [0.25, 0.3) is 10.8 Å². The van der Waals surface area contributed by atoms with E-state index in [1.807, 2.05) is 0 Å². The van der Waals surface area contributed by atoms with E-state index in [0.29, 0.717) is 23.1 Å². The zero-order chi connectivity index (χ0) is 24.5. The van der Waals surface area contributed by atoms with Gasteiger partial charge in [0.2, 0.25) is 5.00 Å². The average molecular weight is 522 g/mol. The summed E-state index contributed by atoms with van der Waals surface area (Å²) in [7, 11) is -2.04. The van der Waals surface area contributed by atoms with Crippen molar-refractivity contribution in [3.63, 3.8) is 0 Å². The molecule has 1 aliphatic heterocycles. The summed E-state index contributed by atoms with van der Waals surface area (Å²) < 4.78 is 27.7. The quantitative estimate of drug-likeness (QED) is 0.479. The van der Waals surface area contributed by atoms with E-state index in [1.165, 1.54) is 6.07 Å². The Balaban J connectivity index is 1.60. The number of quaternary nitrogens is 1. The van der Waals surface area contributed by atoms with Gasteiger partial charge < -0.3 is 14.5 Å². The highest BCUT2D eigenvalue weighted by molar-refractivity contribution is 7.91. The maximum atomic E-state index is 13.5. The third kappa shape index (κ3) is 4.95. The minimum Gasteiger partial charge on any atom is -0.528 e. The molecule has 2 aromatic carbocycles. The molecule has 2 amide bonds. The van der Waals surface area contributed by atoms with Gasteiger partial charge in [-0.3, -0.25) is 0 Å². The van der Waals surface area contributed by atoms with Crippen LogP contribution in [0.3, 0.4) is 0 Å². The number of fused-ring (bicyclic) bond motifs is 1. The number of halogens is 1. The minimum atomic E-state index is -3.69. The summed E-state index contributed by atoms with van der Waals surface area (Å²) in [5.41, 5.74) is 0. The van der Waals surface area contributed by atoms with Crippen LogP contribution >= 0.6 is 22.9 Å². The van der Waals surface area contributed by atoms with E-state index in [0.717, 1.165) is 41.4 Å². The Morgan fingerprint density at radius 2 is 1.79 bits per heavy atom. The molecule has 180 valence electrons. The van der Waals surface area contributed by atoms with Crippen LogP contribution in [0.15, 0.2) is 52.5 Å². The second-order valence-electron chi connectivity index (χ2n) is 8.43. The molecule has 0 bridgehead atoms. The number of carbonyl (C=O) groups excluding carboxylic acids is 2. The molecule has 34 heavy (non-hydrogen) atoms. The molecule has 0 aliphatic carbocycles. The van der Waals surface area contributed by atoms with Gasteiger partial charge in [0.1, 0.15) is 0 Å². The van der Waals surface area contributed by atoms with Crippen molar-refractivity contribution in [2.24, 2.45) is 12.0 Å². The van der Waals surface area contributed by atoms with Gasteiger partial charge >= 0.3 is 5.91 Å². The molecule has 0 radical (unpaired) electrons. The maximum Gasteiger partial charge on any atom is 0.320 e. The molecule has 1 aromatic heterocycles. The number of carbonyl (C=O) groups is 2. The van der Waals surface area contributed by atoms with Crippen molar-refractivity contribution in [2.45, 2.75) is 30.6 Å². The lowest BCUT2D eigenvalue weighted by atomic mass is 10.1. The highest BCUT2D eigenvalue weighted by Crippen LogP contribution is 2.32. The lowest BCUT2D eigenvalue weighted by Gasteiger charge is -2.36. The first-order valence-electron chi connectivity index (χ1n) is 10.9. The van der Waals surface area contributed by atoms with Crippen LogP contribution in [0.4, 0.5) is 9.80 Å². The van der Waals surface area contributed by atoms with E-state index in [1.54, 1.807) is 48.1 Å². The van der Waals surface area contributed by atoms with Crippen LogP contribution < -0.4 is 14.4 Å². The summed E-state index contributed by atoms with van der Waals surface area (Å²) in [4.78, 5) is 28.3. The molecule has 8 nitrogen and oxygen atoms in total. The number of benzene rings is 2. The summed E-state index contributed by atoms with van der Waals surface area (Å²) in [6.45, 7) is 1.09. The Labute approximate surface area is 206 Å². The van der Waals surface area contributed by atoms with Crippen LogP contribution in [-0.2, 0) is 21.7 Å². The summed E-state index contributed by atoms with van der Waals surface area (Å²) in [6, 6.07) is 10.1. The molecule has 0 unspecified atom stereocenters. The third-order valence-corrected chi connectivity index (χ3v) is 9.36. The first-order valence-corrected chi connectivity index (χ1v) is 13.7. The number of hydrogen-bond donors (Lipinski definition) is 0. The van der Waals surface area contributed by atoms with Crippen molar-refractivity contribution in [2.75, 3.05) is 18.8 Å². The highest BCUT2D eigenvalue weighted by atomic mass is 35.5. The molecular weight excluding hydrogens is 498 g/mol. The van der Waals surface area contributed by atoms with Gasteiger partial charge in [-0.05, 0) is 65.6 Å². The van der Waals surface area contributed by atoms with Crippen molar-refractivity contribution in [1.29, 1.82) is 0 Å². The number of rotatable bonds is 5. The van der Waals surface area contributed by atoms with Gasteiger partial charge in [-0.1, -0.05) is 23.7 Å². The Morgan fingerprint density at radius 3 is 2.50 bits per heavy atom. The van der Waals surface area contributed by atoms with Crippen LogP contribution in [0.1, 0.15) is 25.7 Å². The highest BCUT2D eigenvalue weighted by Gasteiger charge is 2.42. The predicted octanol–water partition coefficient (Wildman–Crippen LogP) is 3.02. The minimum absolute atomic E-state index is 0.00676. The molecule has 11 heteroatoms. The van der Waals surface area contributed by atoms with Crippen molar-refractivity contribution < 1.29 is 23.1 Å². The fraction of sp³-hybridized carbons (Fsp3) is 0.348. The molecule has 1 saturated heterocycles. The van der Waals surface area contributed by atoms with E-state index < -0.39 is 15.9 Å². The normalized spacial score (nSPS) is 16.6. The fourth-order valence-electron chi connectivity index (χ4n) is 4.38. The molecule has 0 N–H and O–H groups in total. The van der Waals surface area contributed by atoms with E-state index in [4.69, 9.17) is 11.6 Å². The van der Waals surface area contributed by atoms with Crippen LogP contribution in [0.2, 0.25) is 5.02 Å². The number of sulfone groups is 1. The van der Waals surface area contributed by atoms with Crippen LogP contribution in [0.5, 0.6) is 0 Å². The number of nitrogens with zero attached hydrogens (tertiary/aromatic N) is 3. The molecule has 3 aromatic rings. The first-order chi connectivity index (χ1) is 16.1. The van der Waals surface area contributed by atoms with E-state index in [2.05, 4.69) is 4.99 Å². The van der Waals surface area contributed by atoms with E-state index in [9.17, 15) is 23.1 Å². The van der Waals surface area contributed by atoms with Gasteiger partial charge in [0.25, 0.3) is 0 Å². The fourth-order valence-corrected chi connectivity index (χ4v) is 6.99. The Kier molecular flexibility index (Phi) is 6.95. The predicted molar refractivity (Wildman–Crippen MR) is 130 cm³/mol. The van der Waals surface area contributed by atoms with E-state index >= 15 is 0 Å². The Bertz CT molecular complexity index is 1440. The van der Waals surface area contributed by atoms with Gasteiger partial charge in [-0.15, -0.1) is 0 Å². The van der Waals surface area contributed by atoms with E-state index in [-0.39, 0.29) is 32.3 Å². The molecule has 2 heterocycles.